The normalized spacial score (nSPS) is 27.6. The van der Waals surface area contributed by atoms with Crippen molar-refractivity contribution >= 4 is 11.9 Å². The van der Waals surface area contributed by atoms with Gasteiger partial charge in [0.05, 0.1) is 12.0 Å². The Morgan fingerprint density at radius 3 is 2.72 bits per heavy atom. The first-order valence-electron chi connectivity index (χ1n) is 6.10. The minimum Gasteiger partial charge on any atom is -0.333 e. The molecule has 3 amide bonds. The van der Waals surface area contributed by atoms with Gasteiger partial charge in [0.1, 0.15) is 0 Å². The zero-order valence-corrected chi connectivity index (χ0v) is 9.93. The number of likely N-dealkylation sites (tertiary alicyclic amines) is 1. The van der Waals surface area contributed by atoms with Crippen LogP contribution in [-0.4, -0.2) is 36.0 Å². The van der Waals surface area contributed by atoms with Gasteiger partial charge in [-0.15, -0.1) is 0 Å². The highest BCUT2D eigenvalue weighted by Crippen LogP contribution is 2.21. The minimum atomic E-state index is -0.372. The van der Waals surface area contributed by atoms with Crippen LogP contribution in [0, 0.1) is 5.92 Å². The standard InChI is InChI=1S/C13H15N3O2/c17-12-10-7-16(6-9-4-2-1-3-5-9)8-11(10)14-13(18)15-12/h1-5,10-11H,6-8H2,(H2,14,15,17,18). The molecule has 2 atom stereocenters. The van der Waals surface area contributed by atoms with Crippen LogP contribution in [0.2, 0.25) is 0 Å². The molecule has 2 fully saturated rings. The van der Waals surface area contributed by atoms with Crippen LogP contribution in [0.25, 0.3) is 0 Å². The number of rotatable bonds is 2. The summed E-state index contributed by atoms with van der Waals surface area (Å²) in [5.74, 6) is -0.272. The van der Waals surface area contributed by atoms with E-state index >= 15 is 0 Å². The van der Waals surface area contributed by atoms with Gasteiger partial charge in [0.15, 0.2) is 0 Å². The Balaban J connectivity index is 1.68. The summed E-state index contributed by atoms with van der Waals surface area (Å²) in [5, 5.41) is 5.13. The number of urea groups is 1. The number of carbonyl (C=O) groups is 2. The summed E-state index contributed by atoms with van der Waals surface area (Å²) in [6, 6.07) is 9.72. The fourth-order valence-electron chi connectivity index (χ4n) is 2.68. The molecule has 0 aliphatic carbocycles. The van der Waals surface area contributed by atoms with Gasteiger partial charge in [-0.3, -0.25) is 15.0 Å². The number of imide groups is 1. The second-order valence-corrected chi connectivity index (χ2v) is 4.86. The van der Waals surface area contributed by atoms with Crippen LogP contribution in [0.15, 0.2) is 30.3 Å². The smallest absolute Gasteiger partial charge is 0.321 e. The summed E-state index contributed by atoms with van der Waals surface area (Å²) in [4.78, 5) is 25.1. The molecule has 5 heteroatoms. The van der Waals surface area contributed by atoms with Crippen molar-refractivity contribution < 1.29 is 9.59 Å². The van der Waals surface area contributed by atoms with Crippen LogP contribution in [-0.2, 0) is 11.3 Å². The van der Waals surface area contributed by atoms with E-state index in [9.17, 15) is 9.59 Å². The molecule has 0 aromatic heterocycles. The molecule has 2 heterocycles. The molecule has 3 rings (SSSR count). The Kier molecular flexibility index (Phi) is 2.76. The number of benzene rings is 1. The highest BCUT2D eigenvalue weighted by molar-refractivity contribution is 5.98. The van der Waals surface area contributed by atoms with Gasteiger partial charge in [-0.2, -0.15) is 0 Å². The second-order valence-electron chi connectivity index (χ2n) is 4.86. The van der Waals surface area contributed by atoms with Crippen molar-refractivity contribution in [2.45, 2.75) is 12.6 Å². The van der Waals surface area contributed by atoms with Gasteiger partial charge in [0, 0.05) is 19.6 Å². The predicted octanol–water partition coefficient (Wildman–Crippen LogP) is 0.326. The third kappa shape index (κ3) is 2.09. The van der Waals surface area contributed by atoms with Crippen molar-refractivity contribution in [2.75, 3.05) is 13.1 Å². The SMILES string of the molecule is O=C1NC(=O)C2CN(Cc3ccccc3)CC2N1. The highest BCUT2D eigenvalue weighted by Gasteiger charge is 2.42. The number of carbonyl (C=O) groups excluding carboxylic acids is 2. The van der Waals surface area contributed by atoms with E-state index in [1.165, 1.54) is 5.56 Å². The Morgan fingerprint density at radius 2 is 1.94 bits per heavy atom. The van der Waals surface area contributed by atoms with Crippen molar-refractivity contribution in [1.82, 2.24) is 15.5 Å². The van der Waals surface area contributed by atoms with Crippen LogP contribution >= 0.6 is 0 Å². The molecule has 2 unspecified atom stereocenters. The number of nitrogens with one attached hydrogen (secondary N) is 2. The zero-order chi connectivity index (χ0) is 12.5. The van der Waals surface area contributed by atoms with Crippen LogP contribution in [0.3, 0.4) is 0 Å². The van der Waals surface area contributed by atoms with Crippen molar-refractivity contribution in [2.24, 2.45) is 5.92 Å². The monoisotopic (exact) mass is 245 g/mol. The molecule has 94 valence electrons. The number of amides is 3. The first-order valence-corrected chi connectivity index (χ1v) is 6.10. The van der Waals surface area contributed by atoms with E-state index in [-0.39, 0.29) is 23.9 Å². The van der Waals surface area contributed by atoms with E-state index in [2.05, 4.69) is 27.7 Å². The summed E-state index contributed by atoms with van der Waals surface area (Å²) in [6.45, 7) is 2.25. The first-order chi connectivity index (χ1) is 8.72. The van der Waals surface area contributed by atoms with E-state index in [0.717, 1.165) is 13.1 Å². The lowest BCUT2D eigenvalue weighted by Gasteiger charge is -2.24. The Hall–Kier alpha value is -1.88. The van der Waals surface area contributed by atoms with Gasteiger partial charge in [-0.25, -0.2) is 4.79 Å². The lowest BCUT2D eigenvalue weighted by Crippen LogP contribution is -2.57. The predicted molar refractivity (Wildman–Crippen MR) is 65.7 cm³/mol. The first kappa shape index (κ1) is 11.2. The number of hydrogen-bond acceptors (Lipinski definition) is 3. The summed E-state index contributed by atoms with van der Waals surface area (Å²) >= 11 is 0. The fraction of sp³-hybridized carbons (Fsp3) is 0.385. The minimum absolute atomic E-state index is 0.0463. The van der Waals surface area contributed by atoms with Crippen molar-refractivity contribution in [3.05, 3.63) is 35.9 Å². The molecule has 2 aliphatic heterocycles. The third-order valence-corrected chi connectivity index (χ3v) is 3.53. The summed E-state index contributed by atoms with van der Waals surface area (Å²) < 4.78 is 0. The molecular formula is C13H15N3O2. The molecule has 1 aromatic rings. The van der Waals surface area contributed by atoms with Gasteiger partial charge in [0.2, 0.25) is 5.91 Å². The van der Waals surface area contributed by atoms with E-state index in [4.69, 9.17) is 0 Å². The molecule has 2 aliphatic rings. The van der Waals surface area contributed by atoms with Crippen LogP contribution in [0.5, 0.6) is 0 Å². The molecule has 18 heavy (non-hydrogen) atoms. The molecular weight excluding hydrogens is 230 g/mol. The van der Waals surface area contributed by atoms with E-state index in [0.29, 0.717) is 6.54 Å². The highest BCUT2D eigenvalue weighted by atomic mass is 16.2. The summed E-state index contributed by atoms with van der Waals surface area (Å²) in [5.41, 5.74) is 1.22. The van der Waals surface area contributed by atoms with E-state index < -0.39 is 0 Å². The van der Waals surface area contributed by atoms with Gasteiger partial charge >= 0.3 is 6.03 Å². The number of hydrogen-bond donors (Lipinski definition) is 2. The Labute approximate surface area is 105 Å². The van der Waals surface area contributed by atoms with Crippen molar-refractivity contribution in [3.63, 3.8) is 0 Å². The molecule has 0 saturated carbocycles. The van der Waals surface area contributed by atoms with Gasteiger partial charge < -0.3 is 5.32 Å². The maximum Gasteiger partial charge on any atom is 0.321 e. The zero-order valence-electron chi connectivity index (χ0n) is 9.93. The number of fused-ring (bicyclic) bond motifs is 1. The maximum absolute atomic E-state index is 11.7. The topological polar surface area (TPSA) is 61.4 Å². The molecule has 0 radical (unpaired) electrons. The van der Waals surface area contributed by atoms with E-state index in [1.54, 1.807) is 0 Å². The molecule has 1 aromatic carbocycles. The van der Waals surface area contributed by atoms with Gasteiger partial charge in [0.25, 0.3) is 0 Å². The summed E-state index contributed by atoms with van der Waals surface area (Å²) in [6.07, 6.45) is 0. The number of nitrogens with zero attached hydrogens (tertiary/aromatic N) is 1. The summed E-state index contributed by atoms with van der Waals surface area (Å²) in [7, 11) is 0. The average molecular weight is 245 g/mol. The third-order valence-electron chi connectivity index (χ3n) is 3.53. The van der Waals surface area contributed by atoms with Gasteiger partial charge in [-0.05, 0) is 5.56 Å². The molecule has 5 nitrogen and oxygen atoms in total. The Morgan fingerprint density at radius 1 is 1.17 bits per heavy atom. The average Bonchev–Trinajstić information content (AvgIpc) is 2.73. The molecule has 0 spiro atoms. The quantitative estimate of drug-likeness (QED) is 0.789. The van der Waals surface area contributed by atoms with Crippen molar-refractivity contribution in [1.29, 1.82) is 0 Å². The van der Waals surface area contributed by atoms with Crippen molar-refractivity contribution in [3.8, 4) is 0 Å². The fourth-order valence-corrected chi connectivity index (χ4v) is 2.68. The molecule has 2 N–H and O–H groups in total. The largest absolute Gasteiger partial charge is 0.333 e. The Bertz CT molecular complexity index is 474. The van der Waals surface area contributed by atoms with Crippen LogP contribution in [0.4, 0.5) is 4.79 Å². The molecule has 2 saturated heterocycles. The van der Waals surface area contributed by atoms with Crippen LogP contribution < -0.4 is 10.6 Å². The second kappa shape index (κ2) is 4.42. The molecule has 0 bridgehead atoms. The lowest BCUT2D eigenvalue weighted by molar-refractivity contribution is -0.124. The van der Waals surface area contributed by atoms with Crippen LogP contribution in [0.1, 0.15) is 5.56 Å². The maximum atomic E-state index is 11.7. The van der Waals surface area contributed by atoms with E-state index in [1.807, 2.05) is 18.2 Å². The lowest BCUT2D eigenvalue weighted by atomic mass is 10.0. The van der Waals surface area contributed by atoms with Gasteiger partial charge in [-0.1, -0.05) is 30.3 Å².